The summed E-state index contributed by atoms with van der Waals surface area (Å²) in [4.78, 5) is 0. The maximum Gasteiger partial charge on any atom is 0.109 e. The van der Waals surface area contributed by atoms with Gasteiger partial charge in [0.15, 0.2) is 0 Å². The lowest BCUT2D eigenvalue weighted by Gasteiger charge is -2.00. The molecule has 0 aliphatic rings. The van der Waals surface area contributed by atoms with Crippen molar-refractivity contribution in [2.24, 2.45) is 10.8 Å². The van der Waals surface area contributed by atoms with Gasteiger partial charge >= 0.3 is 0 Å². The van der Waals surface area contributed by atoms with Gasteiger partial charge in [-0.1, -0.05) is 29.8 Å². The predicted octanol–water partition coefficient (Wildman–Crippen LogP) is 2.00. The van der Waals surface area contributed by atoms with E-state index in [0.29, 0.717) is 10.8 Å². The molecule has 3 N–H and O–H groups in total. The Balaban J connectivity index is 2.80. The summed E-state index contributed by atoms with van der Waals surface area (Å²) >= 11 is 5.94. The van der Waals surface area contributed by atoms with Crippen LogP contribution >= 0.6 is 11.6 Å². The van der Waals surface area contributed by atoms with Crippen LogP contribution < -0.4 is 11.2 Å². The molecule has 0 saturated carbocycles. The second kappa shape index (κ2) is 4.67. The zero-order chi connectivity index (χ0) is 10.6. The first-order chi connectivity index (χ1) is 6.59. The summed E-state index contributed by atoms with van der Waals surface area (Å²) in [6, 6.07) is 5.71. The third kappa shape index (κ3) is 3.11. The molecule has 0 spiro atoms. The summed E-state index contributed by atoms with van der Waals surface area (Å²) in [7, 11) is 0. The minimum absolute atomic E-state index is 0.296. The Labute approximate surface area is 88.3 Å². The van der Waals surface area contributed by atoms with Crippen molar-refractivity contribution in [2.75, 3.05) is 0 Å². The molecule has 1 aromatic carbocycles. The first-order valence-electron chi connectivity index (χ1n) is 4.09. The van der Waals surface area contributed by atoms with E-state index < -0.39 is 0 Å². The summed E-state index contributed by atoms with van der Waals surface area (Å²) in [6.45, 7) is 5.44. The number of nitrogens with one attached hydrogen (secondary N) is 1. The summed E-state index contributed by atoms with van der Waals surface area (Å²) in [6.07, 6.45) is 1.60. The van der Waals surface area contributed by atoms with Crippen molar-refractivity contribution in [1.29, 1.82) is 0 Å². The van der Waals surface area contributed by atoms with Gasteiger partial charge in [0.1, 0.15) is 5.82 Å². The molecule has 0 aliphatic carbocycles. The summed E-state index contributed by atoms with van der Waals surface area (Å²) in [5.41, 5.74) is 9.78. The molecule has 0 saturated heterocycles. The number of hydrogen-bond acceptors (Lipinski definition) is 3. The number of aryl methyl sites for hydroxylation is 1. The molecular formula is C10H12ClN3. The van der Waals surface area contributed by atoms with Gasteiger partial charge in [-0.05, 0) is 19.1 Å². The maximum absolute atomic E-state index is 5.94. The Kier molecular flexibility index (Phi) is 3.54. The van der Waals surface area contributed by atoms with E-state index in [0.717, 1.165) is 11.1 Å². The standard InChI is InChI=1S/C10H12ClN3/c1-7-3-4-10(11)9(5-7)6-13-14-8(2)12/h3-6,14H,2,12H2,1H3/b13-6+. The Hall–Kier alpha value is -1.48. The topological polar surface area (TPSA) is 50.4 Å². The summed E-state index contributed by atoms with van der Waals surface area (Å²) in [5, 5.41) is 4.52. The highest BCUT2D eigenvalue weighted by Gasteiger charge is 1.96. The van der Waals surface area contributed by atoms with E-state index in [4.69, 9.17) is 17.3 Å². The zero-order valence-electron chi connectivity index (χ0n) is 7.92. The van der Waals surface area contributed by atoms with Crippen LogP contribution in [0.15, 0.2) is 35.7 Å². The van der Waals surface area contributed by atoms with Gasteiger partial charge in [-0.25, -0.2) is 0 Å². The number of hydrogen-bond donors (Lipinski definition) is 2. The molecule has 0 unspecified atom stereocenters. The largest absolute Gasteiger partial charge is 0.385 e. The molecule has 74 valence electrons. The summed E-state index contributed by atoms with van der Waals surface area (Å²) in [5.74, 6) is 0.296. The molecule has 0 aliphatic heterocycles. The lowest BCUT2D eigenvalue weighted by Crippen LogP contribution is -2.12. The average molecular weight is 210 g/mol. The number of nitrogens with two attached hydrogens (primary N) is 1. The Morgan fingerprint density at radius 1 is 1.64 bits per heavy atom. The van der Waals surface area contributed by atoms with Gasteiger partial charge in [-0.3, -0.25) is 5.43 Å². The Morgan fingerprint density at radius 2 is 2.36 bits per heavy atom. The number of hydrazone groups is 1. The van der Waals surface area contributed by atoms with Gasteiger partial charge in [-0.15, -0.1) is 0 Å². The van der Waals surface area contributed by atoms with Crippen LogP contribution in [0.25, 0.3) is 0 Å². The van der Waals surface area contributed by atoms with Crippen LogP contribution in [-0.2, 0) is 0 Å². The van der Waals surface area contributed by atoms with E-state index >= 15 is 0 Å². The van der Waals surface area contributed by atoms with Gasteiger partial charge in [-0.2, -0.15) is 5.10 Å². The van der Waals surface area contributed by atoms with Gasteiger partial charge in [0.25, 0.3) is 0 Å². The highest BCUT2D eigenvalue weighted by Crippen LogP contribution is 2.14. The average Bonchev–Trinajstić information content (AvgIpc) is 2.10. The third-order valence-corrected chi connectivity index (χ3v) is 1.91. The van der Waals surface area contributed by atoms with Crippen molar-refractivity contribution in [3.63, 3.8) is 0 Å². The first kappa shape index (κ1) is 10.6. The van der Waals surface area contributed by atoms with Crippen molar-refractivity contribution in [3.8, 4) is 0 Å². The second-order valence-electron chi connectivity index (χ2n) is 2.92. The fourth-order valence-electron chi connectivity index (χ4n) is 0.947. The van der Waals surface area contributed by atoms with Crippen LogP contribution in [0.4, 0.5) is 0 Å². The van der Waals surface area contributed by atoms with E-state index in [1.165, 1.54) is 0 Å². The quantitative estimate of drug-likeness (QED) is 0.591. The molecule has 1 rings (SSSR count). The molecule has 4 heteroatoms. The van der Waals surface area contributed by atoms with Crippen molar-refractivity contribution in [3.05, 3.63) is 46.7 Å². The van der Waals surface area contributed by atoms with Crippen LogP contribution in [0.5, 0.6) is 0 Å². The lowest BCUT2D eigenvalue weighted by atomic mass is 10.1. The minimum Gasteiger partial charge on any atom is -0.385 e. The number of rotatable bonds is 3. The number of halogens is 1. The second-order valence-corrected chi connectivity index (χ2v) is 3.33. The molecule has 0 aromatic heterocycles. The van der Waals surface area contributed by atoms with E-state index in [9.17, 15) is 0 Å². The molecule has 0 amide bonds. The van der Waals surface area contributed by atoms with Gasteiger partial charge < -0.3 is 5.73 Å². The Morgan fingerprint density at radius 3 is 3.00 bits per heavy atom. The van der Waals surface area contributed by atoms with Crippen LogP contribution in [0.2, 0.25) is 5.02 Å². The fourth-order valence-corrected chi connectivity index (χ4v) is 1.11. The molecule has 0 radical (unpaired) electrons. The fraction of sp³-hybridized carbons (Fsp3) is 0.100. The van der Waals surface area contributed by atoms with E-state index in [-0.39, 0.29) is 0 Å². The molecule has 0 bridgehead atoms. The SMILES string of the molecule is C=C(N)N/N=C/c1cc(C)ccc1Cl. The molecule has 14 heavy (non-hydrogen) atoms. The van der Waals surface area contributed by atoms with Crippen LogP contribution in [0, 0.1) is 6.92 Å². The van der Waals surface area contributed by atoms with E-state index in [2.05, 4.69) is 17.1 Å². The van der Waals surface area contributed by atoms with Crippen LogP contribution in [0.1, 0.15) is 11.1 Å². The molecule has 3 nitrogen and oxygen atoms in total. The van der Waals surface area contributed by atoms with Crippen molar-refractivity contribution < 1.29 is 0 Å². The molecule has 1 aromatic rings. The van der Waals surface area contributed by atoms with Gasteiger partial charge in [0, 0.05) is 10.6 Å². The number of nitrogens with zero attached hydrogens (tertiary/aromatic N) is 1. The maximum atomic E-state index is 5.94. The van der Waals surface area contributed by atoms with Gasteiger partial charge in [0.2, 0.25) is 0 Å². The van der Waals surface area contributed by atoms with Crippen molar-refractivity contribution in [2.45, 2.75) is 6.92 Å². The Bertz CT molecular complexity index is 372. The smallest absolute Gasteiger partial charge is 0.109 e. The highest BCUT2D eigenvalue weighted by atomic mass is 35.5. The van der Waals surface area contributed by atoms with Crippen molar-refractivity contribution in [1.82, 2.24) is 5.43 Å². The lowest BCUT2D eigenvalue weighted by molar-refractivity contribution is 0.882. The van der Waals surface area contributed by atoms with E-state index in [1.807, 2.05) is 25.1 Å². The normalized spacial score (nSPS) is 10.4. The number of benzene rings is 1. The zero-order valence-corrected chi connectivity index (χ0v) is 8.67. The molecular weight excluding hydrogens is 198 g/mol. The molecule has 0 heterocycles. The molecule has 0 fully saturated rings. The van der Waals surface area contributed by atoms with Crippen molar-refractivity contribution >= 4 is 17.8 Å². The highest BCUT2D eigenvalue weighted by molar-refractivity contribution is 6.33. The minimum atomic E-state index is 0.296. The monoisotopic (exact) mass is 209 g/mol. The first-order valence-corrected chi connectivity index (χ1v) is 4.47. The molecule has 0 atom stereocenters. The van der Waals surface area contributed by atoms with Crippen LogP contribution in [0.3, 0.4) is 0 Å². The predicted molar refractivity (Wildman–Crippen MR) is 60.2 cm³/mol. The summed E-state index contributed by atoms with van der Waals surface area (Å²) < 4.78 is 0. The van der Waals surface area contributed by atoms with Gasteiger partial charge in [0.05, 0.1) is 6.21 Å². The third-order valence-electron chi connectivity index (χ3n) is 1.56. The van der Waals surface area contributed by atoms with E-state index in [1.54, 1.807) is 6.21 Å². The van der Waals surface area contributed by atoms with Crippen LogP contribution in [-0.4, -0.2) is 6.21 Å².